The molecule has 1 heterocycles. The van der Waals surface area contributed by atoms with E-state index in [4.69, 9.17) is 9.84 Å². The zero-order valence-corrected chi connectivity index (χ0v) is 13.5. The number of aliphatic carboxylic acids is 1. The first-order chi connectivity index (χ1) is 11.6. The summed E-state index contributed by atoms with van der Waals surface area (Å²) in [6.07, 6.45) is 0.144. The maximum atomic E-state index is 12.1. The van der Waals surface area contributed by atoms with Crippen LogP contribution in [0.1, 0.15) is 19.3 Å². The van der Waals surface area contributed by atoms with Gasteiger partial charge in [0.1, 0.15) is 5.75 Å². The van der Waals surface area contributed by atoms with Crippen LogP contribution in [0.3, 0.4) is 0 Å². The van der Waals surface area contributed by atoms with Crippen molar-refractivity contribution in [1.82, 2.24) is 9.80 Å². The second kappa shape index (κ2) is 8.90. The molecule has 0 aliphatic carbocycles. The second-order valence-electron chi connectivity index (χ2n) is 5.57. The molecule has 1 N–H and O–H groups in total. The fourth-order valence-electron chi connectivity index (χ4n) is 2.51. The number of para-hydroxylation sites is 1. The number of carboxylic acids is 1. The zero-order chi connectivity index (χ0) is 17.4. The maximum absolute atomic E-state index is 12.1. The Hall–Kier alpha value is -2.57. The van der Waals surface area contributed by atoms with Crippen molar-refractivity contribution in [2.24, 2.45) is 0 Å². The van der Waals surface area contributed by atoms with Gasteiger partial charge in [-0.15, -0.1) is 0 Å². The van der Waals surface area contributed by atoms with E-state index in [1.807, 2.05) is 30.3 Å². The summed E-state index contributed by atoms with van der Waals surface area (Å²) < 4.78 is 5.51. The van der Waals surface area contributed by atoms with Crippen molar-refractivity contribution < 1.29 is 24.2 Å². The minimum atomic E-state index is -0.976. The number of hydrogen-bond acceptors (Lipinski definition) is 4. The molecule has 1 aliphatic rings. The summed E-state index contributed by atoms with van der Waals surface area (Å²) in [6, 6.07) is 9.32. The molecule has 0 bridgehead atoms. The van der Waals surface area contributed by atoms with Gasteiger partial charge in [-0.05, 0) is 12.1 Å². The van der Waals surface area contributed by atoms with Gasteiger partial charge in [-0.1, -0.05) is 18.2 Å². The Balaban J connectivity index is 1.67. The minimum Gasteiger partial charge on any atom is -0.493 e. The molecule has 130 valence electrons. The average molecular weight is 334 g/mol. The highest BCUT2D eigenvalue weighted by molar-refractivity contribution is 5.81. The van der Waals surface area contributed by atoms with Gasteiger partial charge in [0, 0.05) is 32.6 Å². The van der Waals surface area contributed by atoms with Gasteiger partial charge in [-0.3, -0.25) is 14.4 Å². The summed E-state index contributed by atoms with van der Waals surface area (Å²) in [4.78, 5) is 37.8. The van der Waals surface area contributed by atoms with Crippen molar-refractivity contribution in [3.63, 3.8) is 0 Å². The Morgan fingerprint density at radius 3 is 1.96 bits per heavy atom. The third-order valence-electron chi connectivity index (χ3n) is 3.87. The first kappa shape index (κ1) is 17.8. The van der Waals surface area contributed by atoms with Crippen LogP contribution in [0.15, 0.2) is 30.3 Å². The van der Waals surface area contributed by atoms with Gasteiger partial charge in [0.2, 0.25) is 11.8 Å². The first-order valence-corrected chi connectivity index (χ1v) is 8.01. The van der Waals surface area contributed by atoms with Gasteiger partial charge in [0.15, 0.2) is 0 Å². The summed E-state index contributed by atoms with van der Waals surface area (Å²) in [5.41, 5.74) is 0. The maximum Gasteiger partial charge on any atom is 0.303 e. The summed E-state index contributed by atoms with van der Waals surface area (Å²) in [7, 11) is 0. The molecular formula is C17H22N2O5. The van der Waals surface area contributed by atoms with E-state index in [0.29, 0.717) is 39.2 Å². The highest BCUT2D eigenvalue weighted by atomic mass is 16.5. The molecule has 2 amide bonds. The lowest BCUT2D eigenvalue weighted by Gasteiger charge is -2.34. The van der Waals surface area contributed by atoms with Crippen LogP contribution in [0, 0.1) is 0 Å². The summed E-state index contributed by atoms with van der Waals surface area (Å²) in [5, 5.41) is 8.60. The van der Waals surface area contributed by atoms with Crippen LogP contribution in [-0.2, 0) is 14.4 Å². The number of carbonyl (C=O) groups is 3. The van der Waals surface area contributed by atoms with Crippen molar-refractivity contribution >= 4 is 17.8 Å². The number of amides is 2. The molecule has 1 aliphatic heterocycles. The predicted octanol–water partition coefficient (Wildman–Crippen LogP) is 0.991. The molecule has 1 saturated heterocycles. The molecule has 2 rings (SSSR count). The number of ether oxygens (including phenoxy) is 1. The molecule has 1 fully saturated rings. The van der Waals surface area contributed by atoms with E-state index >= 15 is 0 Å². The fraction of sp³-hybridized carbons (Fsp3) is 0.471. The molecule has 7 heteroatoms. The van der Waals surface area contributed by atoms with Crippen LogP contribution in [-0.4, -0.2) is 65.5 Å². The van der Waals surface area contributed by atoms with Crippen molar-refractivity contribution in [3.8, 4) is 5.75 Å². The van der Waals surface area contributed by atoms with Gasteiger partial charge in [-0.25, -0.2) is 0 Å². The SMILES string of the molecule is O=C(O)CCC(=O)N1CCN(C(=O)CCOc2ccccc2)CC1. The molecule has 1 aromatic carbocycles. The van der Waals surface area contributed by atoms with Crippen LogP contribution < -0.4 is 4.74 Å². The van der Waals surface area contributed by atoms with E-state index in [9.17, 15) is 14.4 Å². The first-order valence-electron chi connectivity index (χ1n) is 8.01. The predicted molar refractivity (Wildman–Crippen MR) is 86.6 cm³/mol. The molecular weight excluding hydrogens is 312 g/mol. The summed E-state index contributed by atoms with van der Waals surface area (Å²) >= 11 is 0. The standard InChI is InChI=1S/C17H22N2O5/c20-15(6-7-17(22)23)18-9-11-19(12-10-18)16(21)8-13-24-14-4-2-1-3-5-14/h1-5H,6-13H2,(H,22,23). The number of nitrogens with zero attached hydrogens (tertiary/aromatic N) is 2. The van der Waals surface area contributed by atoms with Crippen molar-refractivity contribution in [2.45, 2.75) is 19.3 Å². The van der Waals surface area contributed by atoms with Gasteiger partial charge < -0.3 is 19.6 Å². The fourth-order valence-corrected chi connectivity index (χ4v) is 2.51. The molecule has 0 unspecified atom stereocenters. The summed E-state index contributed by atoms with van der Waals surface area (Å²) in [5.74, 6) is -0.407. The van der Waals surface area contributed by atoms with Crippen molar-refractivity contribution in [2.75, 3.05) is 32.8 Å². The lowest BCUT2D eigenvalue weighted by molar-refractivity contribution is -0.143. The minimum absolute atomic E-state index is 0.00330. The molecule has 0 saturated carbocycles. The molecule has 7 nitrogen and oxygen atoms in total. The molecule has 24 heavy (non-hydrogen) atoms. The Labute approximate surface area is 140 Å². The quantitative estimate of drug-likeness (QED) is 0.803. The average Bonchev–Trinajstić information content (AvgIpc) is 2.60. The molecule has 0 radical (unpaired) electrons. The van der Waals surface area contributed by atoms with E-state index in [2.05, 4.69) is 0 Å². The molecule has 0 aromatic heterocycles. The van der Waals surface area contributed by atoms with Gasteiger partial charge in [0.25, 0.3) is 0 Å². The largest absolute Gasteiger partial charge is 0.493 e. The monoisotopic (exact) mass is 334 g/mol. The Morgan fingerprint density at radius 1 is 0.875 bits per heavy atom. The number of rotatable bonds is 7. The van der Waals surface area contributed by atoms with Gasteiger partial charge in [-0.2, -0.15) is 0 Å². The van der Waals surface area contributed by atoms with Crippen LogP contribution in [0.5, 0.6) is 5.75 Å². The van der Waals surface area contributed by atoms with Gasteiger partial charge >= 0.3 is 5.97 Å². The molecule has 1 aromatic rings. The van der Waals surface area contributed by atoms with E-state index in [1.54, 1.807) is 9.80 Å². The lowest BCUT2D eigenvalue weighted by Crippen LogP contribution is -2.50. The normalized spacial score (nSPS) is 14.3. The van der Waals surface area contributed by atoms with Gasteiger partial charge in [0.05, 0.1) is 19.4 Å². The van der Waals surface area contributed by atoms with Crippen LogP contribution in [0.4, 0.5) is 0 Å². The third-order valence-corrected chi connectivity index (χ3v) is 3.87. The van der Waals surface area contributed by atoms with Crippen molar-refractivity contribution in [3.05, 3.63) is 30.3 Å². The highest BCUT2D eigenvalue weighted by Gasteiger charge is 2.24. The number of benzene rings is 1. The van der Waals surface area contributed by atoms with Crippen LogP contribution >= 0.6 is 0 Å². The Morgan fingerprint density at radius 2 is 1.42 bits per heavy atom. The second-order valence-corrected chi connectivity index (χ2v) is 5.57. The highest BCUT2D eigenvalue weighted by Crippen LogP contribution is 2.10. The number of piperazine rings is 1. The topological polar surface area (TPSA) is 87.2 Å². The Kier molecular flexibility index (Phi) is 6.60. The zero-order valence-electron chi connectivity index (χ0n) is 13.5. The third kappa shape index (κ3) is 5.57. The summed E-state index contributed by atoms with van der Waals surface area (Å²) in [6.45, 7) is 2.17. The van der Waals surface area contributed by atoms with Crippen molar-refractivity contribution in [1.29, 1.82) is 0 Å². The number of carboxylic acid groups (broad SMARTS) is 1. The van der Waals surface area contributed by atoms with E-state index < -0.39 is 5.97 Å². The Bertz CT molecular complexity index is 568. The van der Waals surface area contributed by atoms with E-state index in [1.165, 1.54) is 0 Å². The number of carbonyl (C=O) groups excluding carboxylic acids is 2. The van der Waals surface area contributed by atoms with E-state index in [0.717, 1.165) is 5.75 Å². The van der Waals surface area contributed by atoms with Crippen LogP contribution in [0.25, 0.3) is 0 Å². The molecule has 0 atom stereocenters. The molecule has 0 spiro atoms. The van der Waals surface area contributed by atoms with Crippen LogP contribution in [0.2, 0.25) is 0 Å². The van der Waals surface area contributed by atoms with E-state index in [-0.39, 0.29) is 24.7 Å². The smallest absolute Gasteiger partial charge is 0.303 e. The number of hydrogen-bond donors (Lipinski definition) is 1. The lowest BCUT2D eigenvalue weighted by atomic mass is 10.2.